The van der Waals surface area contributed by atoms with Crippen molar-refractivity contribution in [1.82, 2.24) is 0 Å². The van der Waals surface area contributed by atoms with Gasteiger partial charge in [-0.15, -0.1) is 0 Å². The van der Waals surface area contributed by atoms with Gasteiger partial charge in [0.25, 0.3) is 0 Å². The van der Waals surface area contributed by atoms with Crippen LogP contribution < -0.4 is 0 Å². The molecule has 0 bridgehead atoms. The van der Waals surface area contributed by atoms with Crippen LogP contribution in [0, 0.1) is 12.8 Å². The Hall–Kier alpha value is -0.780. The van der Waals surface area contributed by atoms with Gasteiger partial charge in [-0.1, -0.05) is 44.5 Å². The standard InChI is InChI=1S/C13H20/c1-4-11(2)9-10-13-8-6-5-7-12(13)3/h5-8,11H,4,9-10H2,1-3H3. The lowest BCUT2D eigenvalue weighted by molar-refractivity contribution is 0.516. The smallest absolute Gasteiger partial charge is 0.0274 e. The van der Waals surface area contributed by atoms with Gasteiger partial charge in [0.15, 0.2) is 0 Å². The summed E-state index contributed by atoms with van der Waals surface area (Å²) in [4.78, 5) is 0. The zero-order valence-corrected chi connectivity index (χ0v) is 9.01. The molecule has 0 aliphatic rings. The number of benzene rings is 1. The van der Waals surface area contributed by atoms with Crippen molar-refractivity contribution >= 4 is 0 Å². The summed E-state index contributed by atoms with van der Waals surface area (Å²) < 4.78 is 0. The fourth-order valence-electron chi connectivity index (χ4n) is 1.50. The van der Waals surface area contributed by atoms with Gasteiger partial charge in [-0.05, 0) is 36.8 Å². The highest BCUT2D eigenvalue weighted by atomic mass is 14.1. The maximum Gasteiger partial charge on any atom is -0.0274 e. The monoisotopic (exact) mass is 176 g/mol. The maximum atomic E-state index is 2.33. The Kier molecular flexibility index (Phi) is 4.01. The summed E-state index contributed by atoms with van der Waals surface area (Å²) in [5, 5.41) is 0. The minimum Gasteiger partial charge on any atom is -0.0651 e. The highest BCUT2D eigenvalue weighted by Crippen LogP contribution is 2.14. The third-order valence-corrected chi connectivity index (χ3v) is 2.86. The van der Waals surface area contributed by atoms with Crippen molar-refractivity contribution in [2.75, 3.05) is 0 Å². The van der Waals surface area contributed by atoms with Gasteiger partial charge in [-0.2, -0.15) is 0 Å². The molecule has 1 atom stereocenters. The Morgan fingerprint density at radius 2 is 1.92 bits per heavy atom. The van der Waals surface area contributed by atoms with Gasteiger partial charge in [0, 0.05) is 0 Å². The molecular formula is C13H20. The van der Waals surface area contributed by atoms with Crippen LogP contribution >= 0.6 is 0 Å². The molecule has 0 aromatic heterocycles. The van der Waals surface area contributed by atoms with Gasteiger partial charge in [0.05, 0.1) is 0 Å². The van der Waals surface area contributed by atoms with E-state index in [0.29, 0.717) is 0 Å². The first-order chi connectivity index (χ1) is 6.24. The molecule has 0 spiro atoms. The van der Waals surface area contributed by atoms with E-state index in [4.69, 9.17) is 0 Å². The highest BCUT2D eigenvalue weighted by molar-refractivity contribution is 5.25. The third kappa shape index (κ3) is 3.22. The second-order valence-corrected chi connectivity index (χ2v) is 3.98. The van der Waals surface area contributed by atoms with Crippen LogP contribution in [0.2, 0.25) is 0 Å². The molecule has 0 amide bonds. The van der Waals surface area contributed by atoms with E-state index in [2.05, 4.69) is 45.0 Å². The second-order valence-electron chi connectivity index (χ2n) is 3.98. The van der Waals surface area contributed by atoms with Crippen molar-refractivity contribution in [3.8, 4) is 0 Å². The fraction of sp³-hybridized carbons (Fsp3) is 0.538. The molecule has 0 saturated carbocycles. The summed E-state index contributed by atoms with van der Waals surface area (Å²) >= 11 is 0. The molecule has 1 aromatic carbocycles. The molecule has 0 N–H and O–H groups in total. The normalized spacial score (nSPS) is 12.8. The van der Waals surface area contributed by atoms with Crippen molar-refractivity contribution in [2.45, 2.75) is 40.0 Å². The molecule has 13 heavy (non-hydrogen) atoms. The average Bonchev–Trinajstić information content (AvgIpc) is 2.16. The van der Waals surface area contributed by atoms with Crippen molar-refractivity contribution in [1.29, 1.82) is 0 Å². The van der Waals surface area contributed by atoms with E-state index in [-0.39, 0.29) is 0 Å². The number of aryl methyl sites for hydroxylation is 2. The Labute approximate surface area is 82.0 Å². The van der Waals surface area contributed by atoms with Crippen molar-refractivity contribution < 1.29 is 0 Å². The lowest BCUT2D eigenvalue weighted by Crippen LogP contribution is -1.96. The molecule has 0 saturated heterocycles. The van der Waals surface area contributed by atoms with Crippen LogP contribution in [0.15, 0.2) is 24.3 Å². The van der Waals surface area contributed by atoms with Gasteiger partial charge >= 0.3 is 0 Å². The van der Waals surface area contributed by atoms with Crippen LogP contribution in [0.25, 0.3) is 0 Å². The Morgan fingerprint density at radius 1 is 1.23 bits per heavy atom. The molecule has 0 heteroatoms. The topological polar surface area (TPSA) is 0 Å². The molecule has 0 fully saturated rings. The zero-order chi connectivity index (χ0) is 9.68. The van der Waals surface area contributed by atoms with Crippen LogP contribution in [-0.4, -0.2) is 0 Å². The predicted molar refractivity (Wildman–Crippen MR) is 59.0 cm³/mol. The van der Waals surface area contributed by atoms with E-state index in [1.165, 1.54) is 30.4 Å². The number of hydrogen-bond acceptors (Lipinski definition) is 0. The summed E-state index contributed by atoms with van der Waals surface area (Å²) in [7, 11) is 0. The molecule has 0 heterocycles. The quantitative estimate of drug-likeness (QED) is 0.651. The number of rotatable bonds is 4. The molecular weight excluding hydrogens is 156 g/mol. The Morgan fingerprint density at radius 3 is 2.54 bits per heavy atom. The predicted octanol–water partition coefficient (Wildman–Crippen LogP) is 3.97. The number of hydrogen-bond donors (Lipinski definition) is 0. The van der Waals surface area contributed by atoms with E-state index in [1.54, 1.807) is 0 Å². The van der Waals surface area contributed by atoms with Crippen molar-refractivity contribution in [2.24, 2.45) is 5.92 Å². The average molecular weight is 176 g/mol. The molecule has 1 unspecified atom stereocenters. The first kappa shape index (κ1) is 10.3. The minimum atomic E-state index is 0.861. The SMILES string of the molecule is CCC(C)CCc1ccccc1C. The van der Waals surface area contributed by atoms with Gasteiger partial charge in [-0.25, -0.2) is 0 Å². The molecule has 1 aromatic rings. The summed E-state index contributed by atoms with van der Waals surface area (Å²) in [6, 6.07) is 8.70. The zero-order valence-electron chi connectivity index (χ0n) is 9.01. The molecule has 72 valence electrons. The Bertz CT molecular complexity index is 250. The lowest BCUT2D eigenvalue weighted by atomic mass is 9.97. The summed E-state index contributed by atoms with van der Waals surface area (Å²) in [6.45, 7) is 6.80. The molecule has 0 radical (unpaired) electrons. The van der Waals surface area contributed by atoms with Gasteiger partial charge in [0.2, 0.25) is 0 Å². The van der Waals surface area contributed by atoms with E-state index < -0.39 is 0 Å². The van der Waals surface area contributed by atoms with Gasteiger partial charge in [-0.3, -0.25) is 0 Å². The summed E-state index contributed by atoms with van der Waals surface area (Å²) in [5.74, 6) is 0.861. The van der Waals surface area contributed by atoms with Crippen molar-refractivity contribution in [3.05, 3.63) is 35.4 Å². The van der Waals surface area contributed by atoms with E-state index >= 15 is 0 Å². The minimum absolute atomic E-state index is 0.861. The Balaban J connectivity index is 2.50. The highest BCUT2D eigenvalue weighted by Gasteiger charge is 2.01. The van der Waals surface area contributed by atoms with E-state index in [0.717, 1.165) is 5.92 Å². The van der Waals surface area contributed by atoms with Gasteiger partial charge in [0.1, 0.15) is 0 Å². The van der Waals surface area contributed by atoms with Crippen LogP contribution in [0.4, 0.5) is 0 Å². The molecule has 0 aliphatic heterocycles. The second kappa shape index (κ2) is 5.06. The summed E-state index contributed by atoms with van der Waals surface area (Å²) in [5.41, 5.74) is 2.95. The third-order valence-electron chi connectivity index (χ3n) is 2.86. The molecule has 0 nitrogen and oxygen atoms in total. The van der Waals surface area contributed by atoms with Crippen molar-refractivity contribution in [3.63, 3.8) is 0 Å². The first-order valence-electron chi connectivity index (χ1n) is 5.28. The summed E-state index contributed by atoms with van der Waals surface area (Å²) in [6.07, 6.45) is 3.86. The van der Waals surface area contributed by atoms with E-state index in [9.17, 15) is 0 Å². The lowest BCUT2D eigenvalue weighted by Gasteiger charge is -2.09. The molecule has 1 rings (SSSR count). The van der Waals surface area contributed by atoms with Gasteiger partial charge < -0.3 is 0 Å². The van der Waals surface area contributed by atoms with Crippen LogP contribution in [0.1, 0.15) is 37.8 Å². The van der Waals surface area contributed by atoms with Crippen LogP contribution in [-0.2, 0) is 6.42 Å². The molecule has 0 aliphatic carbocycles. The van der Waals surface area contributed by atoms with E-state index in [1.807, 2.05) is 0 Å². The maximum absolute atomic E-state index is 2.33. The van der Waals surface area contributed by atoms with Crippen LogP contribution in [0.5, 0.6) is 0 Å². The first-order valence-corrected chi connectivity index (χ1v) is 5.28. The van der Waals surface area contributed by atoms with Crippen LogP contribution in [0.3, 0.4) is 0 Å². The fourth-order valence-corrected chi connectivity index (χ4v) is 1.50. The largest absolute Gasteiger partial charge is 0.0651 e.